The average molecular weight is 209 g/mol. The molecule has 1 aromatic rings. The molecule has 5 heteroatoms. The monoisotopic (exact) mass is 209 g/mol. The highest BCUT2D eigenvalue weighted by Gasteiger charge is 2.22. The van der Waals surface area contributed by atoms with Crippen LogP contribution < -0.4 is 5.32 Å². The van der Waals surface area contributed by atoms with Gasteiger partial charge in [0.05, 0.1) is 19.3 Å². The maximum Gasteiger partial charge on any atom is 0.272 e. The lowest BCUT2D eigenvalue weighted by atomic mass is 10.2. The number of ether oxygens (including phenoxy) is 1. The van der Waals surface area contributed by atoms with Crippen molar-refractivity contribution in [1.29, 1.82) is 0 Å². The molecule has 0 aliphatic carbocycles. The highest BCUT2D eigenvalue weighted by molar-refractivity contribution is 5.92. The van der Waals surface area contributed by atoms with Crippen LogP contribution in [0, 0.1) is 0 Å². The molecule has 1 saturated heterocycles. The zero-order chi connectivity index (χ0) is 10.8. The van der Waals surface area contributed by atoms with Gasteiger partial charge in [0, 0.05) is 12.2 Å². The molecule has 2 heterocycles. The molecule has 1 fully saturated rings. The van der Waals surface area contributed by atoms with Gasteiger partial charge in [0.1, 0.15) is 5.69 Å². The lowest BCUT2D eigenvalue weighted by Gasteiger charge is -2.26. The molecule has 1 aliphatic rings. The minimum atomic E-state index is -0.122. The molecule has 1 amide bonds. The summed E-state index contributed by atoms with van der Waals surface area (Å²) < 4.78 is 6.74. The van der Waals surface area contributed by atoms with Crippen LogP contribution in [-0.2, 0) is 4.74 Å². The molecule has 0 radical (unpaired) electrons. The van der Waals surface area contributed by atoms with Crippen molar-refractivity contribution < 1.29 is 9.53 Å². The summed E-state index contributed by atoms with van der Waals surface area (Å²) in [5, 5.41) is 7.03. The van der Waals surface area contributed by atoms with E-state index < -0.39 is 0 Å². The Morgan fingerprint density at radius 3 is 2.87 bits per heavy atom. The molecule has 1 aliphatic heterocycles. The molecule has 0 saturated carbocycles. The lowest BCUT2D eigenvalue weighted by molar-refractivity contribution is -0.00356. The van der Waals surface area contributed by atoms with Crippen LogP contribution in [0.2, 0.25) is 0 Å². The largest absolute Gasteiger partial charge is 0.377 e. The predicted molar refractivity (Wildman–Crippen MR) is 54.7 cm³/mol. The summed E-state index contributed by atoms with van der Waals surface area (Å²) >= 11 is 0. The van der Waals surface area contributed by atoms with E-state index in [-0.39, 0.29) is 18.0 Å². The Hall–Kier alpha value is -1.36. The quantitative estimate of drug-likeness (QED) is 0.792. The minimum Gasteiger partial charge on any atom is -0.377 e. The zero-order valence-corrected chi connectivity index (χ0v) is 8.93. The van der Waals surface area contributed by atoms with Gasteiger partial charge in [0.2, 0.25) is 0 Å². The van der Waals surface area contributed by atoms with Gasteiger partial charge >= 0.3 is 0 Å². The van der Waals surface area contributed by atoms with E-state index in [1.165, 1.54) is 0 Å². The fourth-order valence-electron chi connectivity index (χ4n) is 1.33. The number of nitrogens with zero attached hydrogens (tertiary/aromatic N) is 2. The normalized spacial score (nSPS) is 16.5. The van der Waals surface area contributed by atoms with E-state index in [2.05, 4.69) is 10.4 Å². The Kier molecular flexibility index (Phi) is 2.73. The molecular formula is C10H15N3O2. The van der Waals surface area contributed by atoms with Crippen LogP contribution in [0.5, 0.6) is 0 Å². The number of hydrogen-bond acceptors (Lipinski definition) is 3. The van der Waals surface area contributed by atoms with E-state index in [0.717, 1.165) is 0 Å². The van der Waals surface area contributed by atoms with Crippen LogP contribution in [0.15, 0.2) is 12.3 Å². The van der Waals surface area contributed by atoms with Crippen molar-refractivity contribution in [3.8, 4) is 0 Å². The first-order valence-electron chi connectivity index (χ1n) is 5.10. The number of carbonyl (C=O) groups is 1. The van der Waals surface area contributed by atoms with Crippen molar-refractivity contribution >= 4 is 5.91 Å². The summed E-state index contributed by atoms with van der Waals surface area (Å²) in [6.07, 6.45) is 1.82. The topological polar surface area (TPSA) is 56.2 Å². The Bertz CT molecular complexity index is 355. The summed E-state index contributed by atoms with van der Waals surface area (Å²) in [6, 6.07) is 2.16. The standard InChI is InChI=1S/C10H15N3O2/c1-7(2)13-4-3-9(12-13)10(14)11-8-5-15-6-8/h3-4,7-8H,5-6H2,1-2H3,(H,11,14). The number of aromatic nitrogens is 2. The maximum absolute atomic E-state index is 11.6. The van der Waals surface area contributed by atoms with Gasteiger partial charge in [-0.15, -0.1) is 0 Å². The first kappa shape index (κ1) is 10.2. The van der Waals surface area contributed by atoms with E-state index in [1.807, 2.05) is 20.0 Å². The van der Waals surface area contributed by atoms with Crippen LogP contribution >= 0.6 is 0 Å². The fourth-order valence-corrected chi connectivity index (χ4v) is 1.33. The van der Waals surface area contributed by atoms with Crippen molar-refractivity contribution in [1.82, 2.24) is 15.1 Å². The minimum absolute atomic E-state index is 0.122. The van der Waals surface area contributed by atoms with Gasteiger partial charge < -0.3 is 10.1 Å². The number of amides is 1. The fraction of sp³-hybridized carbons (Fsp3) is 0.600. The third-order valence-corrected chi connectivity index (χ3v) is 2.34. The second kappa shape index (κ2) is 4.02. The Morgan fingerprint density at radius 1 is 1.67 bits per heavy atom. The second-order valence-corrected chi connectivity index (χ2v) is 3.98. The van der Waals surface area contributed by atoms with E-state index >= 15 is 0 Å². The van der Waals surface area contributed by atoms with Crippen molar-refractivity contribution in [2.45, 2.75) is 25.9 Å². The smallest absolute Gasteiger partial charge is 0.272 e. The van der Waals surface area contributed by atoms with Crippen molar-refractivity contribution in [2.24, 2.45) is 0 Å². The molecule has 0 atom stereocenters. The number of hydrogen-bond donors (Lipinski definition) is 1. The molecule has 15 heavy (non-hydrogen) atoms. The van der Waals surface area contributed by atoms with E-state index in [1.54, 1.807) is 10.7 Å². The number of rotatable bonds is 3. The lowest BCUT2D eigenvalue weighted by Crippen LogP contribution is -2.48. The highest BCUT2D eigenvalue weighted by atomic mass is 16.5. The van der Waals surface area contributed by atoms with E-state index in [0.29, 0.717) is 18.9 Å². The maximum atomic E-state index is 11.6. The molecule has 1 N–H and O–H groups in total. The van der Waals surface area contributed by atoms with Gasteiger partial charge in [-0.25, -0.2) is 0 Å². The van der Waals surface area contributed by atoms with Crippen molar-refractivity contribution in [2.75, 3.05) is 13.2 Å². The van der Waals surface area contributed by atoms with Gasteiger partial charge in [0.15, 0.2) is 0 Å². The van der Waals surface area contributed by atoms with Crippen LogP contribution in [0.25, 0.3) is 0 Å². The van der Waals surface area contributed by atoms with Crippen molar-refractivity contribution in [3.05, 3.63) is 18.0 Å². The zero-order valence-electron chi connectivity index (χ0n) is 8.93. The van der Waals surface area contributed by atoms with Crippen molar-refractivity contribution in [3.63, 3.8) is 0 Å². The summed E-state index contributed by atoms with van der Waals surface area (Å²) in [6.45, 7) is 5.26. The van der Waals surface area contributed by atoms with E-state index in [4.69, 9.17) is 4.74 Å². The SMILES string of the molecule is CC(C)n1ccc(C(=O)NC2COC2)n1. The number of nitrogens with one attached hydrogen (secondary N) is 1. The number of carbonyl (C=O) groups excluding carboxylic acids is 1. The van der Waals surface area contributed by atoms with Gasteiger partial charge in [-0.05, 0) is 19.9 Å². The Labute approximate surface area is 88.4 Å². The molecule has 0 bridgehead atoms. The second-order valence-electron chi connectivity index (χ2n) is 3.98. The molecule has 2 rings (SSSR count). The molecule has 1 aromatic heterocycles. The molecular weight excluding hydrogens is 194 g/mol. The Morgan fingerprint density at radius 2 is 2.40 bits per heavy atom. The average Bonchev–Trinajstić information content (AvgIpc) is 2.59. The molecule has 0 unspecified atom stereocenters. The third-order valence-electron chi connectivity index (χ3n) is 2.34. The highest BCUT2D eigenvalue weighted by Crippen LogP contribution is 2.06. The third kappa shape index (κ3) is 2.18. The summed E-state index contributed by atoms with van der Waals surface area (Å²) in [7, 11) is 0. The summed E-state index contributed by atoms with van der Waals surface area (Å²) in [5.74, 6) is -0.122. The molecule has 0 spiro atoms. The first-order chi connectivity index (χ1) is 7.16. The summed E-state index contributed by atoms with van der Waals surface area (Å²) in [4.78, 5) is 11.6. The van der Waals surface area contributed by atoms with Crippen LogP contribution in [-0.4, -0.2) is 34.9 Å². The van der Waals surface area contributed by atoms with Crippen LogP contribution in [0.1, 0.15) is 30.4 Å². The first-order valence-corrected chi connectivity index (χ1v) is 5.10. The van der Waals surface area contributed by atoms with Crippen LogP contribution in [0.3, 0.4) is 0 Å². The van der Waals surface area contributed by atoms with E-state index in [9.17, 15) is 4.79 Å². The molecule has 5 nitrogen and oxygen atoms in total. The Balaban J connectivity index is 1.98. The van der Waals surface area contributed by atoms with Gasteiger partial charge in [0.25, 0.3) is 5.91 Å². The van der Waals surface area contributed by atoms with Gasteiger partial charge in [-0.1, -0.05) is 0 Å². The van der Waals surface area contributed by atoms with Gasteiger partial charge in [-0.2, -0.15) is 5.10 Å². The predicted octanol–water partition coefficient (Wildman–Crippen LogP) is 0.593. The molecule has 0 aromatic carbocycles. The summed E-state index contributed by atoms with van der Waals surface area (Å²) in [5.41, 5.74) is 0.468. The van der Waals surface area contributed by atoms with Gasteiger partial charge in [-0.3, -0.25) is 9.48 Å². The molecule has 82 valence electrons. The van der Waals surface area contributed by atoms with Crippen LogP contribution in [0.4, 0.5) is 0 Å².